The number of guanidine groups is 1. The molecule has 0 amide bonds. The first-order chi connectivity index (χ1) is 9.24. The second-order valence-electron chi connectivity index (χ2n) is 4.03. The van der Waals surface area contributed by atoms with Crippen LogP contribution < -0.4 is 20.1 Å². The molecule has 0 aliphatic rings. The molecular formula is C14H24IN3O2. The van der Waals surface area contributed by atoms with E-state index >= 15 is 0 Å². The van der Waals surface area contributed by atoms with Crippen LogP contribution in [0.1, 0.15) is 12.0 Å². The predicted molar refractivity (Wildman–Crippen MR) is 93.7 cm³/mol. The molecule has 2 N–H and O–H groups in total. The summed E-state index contributed by atoms with van der Waals surface area (Å²) in [5.41, 5.74) is 1.16. The van der Waals surface area contributed by atoms with Crippen molar-refractivity contribution in [1.82, 2.24) is 10.6 Å². The summed E-state index contributed by atoms with van der Waals surface area (Å²) < 4.78 is 10.6. The summed E-state index contributed by atoms with van der Waals surface area (Å²) in [4.78, 5) is 4.06. The molecule has 0 aliphatic carbocycles. The highest BCUT2D eigenvalue weighted by atomic mass is 127. The van der Waals surface area contributed by atoms with Crippen LogP contribution in [0.15, 0.2) is 23.2 Å². The number of aryl methyl sites for hydroxylation is 1. The number of rotatable bonds is 6. The summed E-state index contributed by atoms with van der Waals surface area (Å²) in [5, 5.41) is 6.21. The van der Waals surface area contributed by atoms with E-state index in [1.807, 2.05) is 25.2 Å². The van der Waals surface area contributed by atoms with Gasteiger partial charge in [-0.2, -0.15) is 0 Å². The van der Waals surface area contributed by atoms with Crippen LogP contribution in [-0.4, -0.2) is 40.8 Å². The van der Waals surface area contributed by atoms with Crippen molar-refractivity contribution in [3.63, 3.8) is 0 Å². The largest absolute Gasteiger partial charge is 0.497 e. The summed E-state index contributed by atoms with van der Waals surface area (Å²) in [7, 11) is 6.96. The zero-order valence-electron chi connectivity index (χ0n) is 12.5. The van der Waals surface area contributed by atoms with E-state index in [1.54, 1.807) is 21.3 Å². The molecule has 1 aromatic rings. The second kappa shape index (κ2) is 10.6. The zero-order valence-corrected chi connectivity index (χ0v) is 14.9. The van der Waals surface area contributed by atoms with Crippen molar-refractivity contribution < 1.29 is 9.47 Å². The fourth-order valence-corrected chi connectivity index (χ4v) is 1.84. The second-order valence-corrected chi connectivity index (χ2v) is 4.03. The summed E-state index contributed by atoms with van der Waals surface area (Å²) in [6, 6.07) is 5.86. The Balaban J connectivity index is 0.00000361. The lowest BCUT2D eigenvalue weighted by Gasteiger charge is -2.11. The van der Waals surface area contributed by atoms with Gasteiger partial charge in [0.2, 0.25) is 0 Å². The van der Waals surface area contributed by atoms with E-state index in [-0.39, 0.29) is 24.0 Å². The van der Waals surface area contributed by atoms with Gasteiger partial charge in [-0.25, -0.2) is 0 Å². The molecule has 1 rings (SSSR count). The van der Waals surface area contributed by atoms with Crippen molar-refractivity contribution in [1.29, 1.82) is 0 Å². The molecule has 6 heteroatoms. The van der Waals surface area contributed by atoms with Gasteiger partial charge in [0.05, 0.1) is 14.2 Å². The van der Waals surface area contributed by atoms with Crippen LogP contribution in [-0.2, 0) is 6.42 Å². The van der Waals surface area contributed by atoms with E-state index in [0.717, 1.165) is 42.4 Å². The molecule has 0 aliphatic heterocycles. The lowest BCUT2D eigenvalue weighted by molar-refractivity contribution is 0.398. The number of benzene rings is 1. The maximum atomic E-state index is 5.35. The number of nitrogens with zero attached hydrogens (tertiary/aromatic N) is 1. The minimum Gasteiger partial charge on any atom is -0.497 e. The molecule has 5 nitrogen and oxygen atoms in total. The maximum Gasteiger partial charge on any atom is 0.190 e. The van der Waals surface area contributed by atoms with E-state index in [1.165, 1.54) is 0 Å². The maximum absolute atomic E-state index is 5.35. The van der Waals surface area contributed by atoms with Gasteiger partial charge < -0.3 is 20.1 Å². The fraction of sp³-hybridized carbons (Fsp3) is 0.500. The van der Waals surface area contributed by atoms with Gasteiger partial charge in [-0.3, -0.25) is 4.99 Å². The van der Waals surface area contributed by atoms with Crippen LogP contribution in [0.4, 0.5) is 0 Å². The fourth-order valence-electron chi connectivity index (χ4n) is 1.84. The van der Waals surface area contributed by atoms with E-state index < -0.39 is 0 Å². The van der Waals surface area contributed by atoms with Gasteiger partial charge in [0, 0.05) is 20.6 Å². The molecule has 0 heterocycles. The van der Waals surface area contributed by atoms with Gasteiger partial charge in [0.25, 0.3) is 0 Å². The highest BCUT2D eigenvalue weighted by Gasteiger charge is 2.05. The number of hydrogen-bond acceptors (Lipinski definition) is 3. The number of ether oxygens (including phenoxy) is 2. The summed E-state index contributed by atoms with van der Waals surface area (Å²) >= 11 is 0. The number of hydrogen-bond donors (Lipinski definition) is 2. The Morgan fingerprint density at radius 3 is 2.55 bits per heavy atom. The Morgan fingerprint density at radius 2 is 2.00 bits per heavy atom. The number of nitrogens with one attached hydrogen (secondary N) is 2. The van der Waals surface area contributed by atoms with E-state index in [2.05, 4.69) is 15.6 Å². The van der Waals surface area contributed by atoms with Crippen LogP contribution >= 0.6 is 24.0 Å². The molecule has 0 unspecified atom stereocenters. The average Bonchev–Trinajstić information content (AvgIpc) is 2.47. The lowest BCUT2D eigenvalue weighted by Crippen LogP contribution is -2.35. The molecule has 114 valence electrons. The Morgan fingerprint density at radius 1 is 1.25 bits per heavy atom. The monoisotopic (exact) mass is 393 g/mol. The van der Waals surface area contributed by atoms with Gasteiger partial charge in [0.1, 0.15) is 11.5 Å². The average molecular weight is 393 g/mol. The molecular weight excluding hydrogens is 369 g/mol. The molecule has 0 atom stereocenters. The van der Waals surface area contributed by atoms with Gasteiger partial charge in [-0.05, 0) is 36.6 Å². The van der Waals surface area contributed by atoms with Crippen LogP contribution in [0, 0.1) is 0 Å². The van der Waals surface area contributed by atoms with Crippen LogP contribution in [0.3, 0.4) is 0 Å². The van der Waals surface area contributed by atoms with Crippen molar-refractivity contribution in [3.05, 3.63) is 23.8 Å². The normalized spacial score (nSPS) is 10.5. The smallest absolute Gasteiger partial charge is 0.190 e. The Bertz CT molecular complexity index is 425. The molecule has 0 bridgehead atoms. The number of aliphatic imine (C=N–C) groups is 1. The van der Waals surface area contributed by atoms with Crippen molar-refractivity contribution >= 4 is 29.9 Å². The van der Waals surface area contributed by atoms with Crippen LogP contribution in [0.25, 0.3) is 0 Å². The van der Waals surface area contributed by atoms with Gasteiger partial charge in [0.15, 0.2) is 5.96 Å². The van der Waals surface area contributed by atoms with Gasteiger partial charge >= 0.3 is 0 Å². The highest BCUT2D eigenvalue weighted by molar-refractivity contribution is 14.0. The molecule has 0 fully saturated rings. The molecule has 0 saturated heterocycles. The topological polar surface area (TPSA) is 54.9 Å². The highest BCUT2D eigenvalue weighted by Crippen LogP contribution is 2.24. The van der Waals surface area contributed by atoms with Crippen molar-refractivity contribution in [2.75, 3.05) is 34.9 Å². The minimum absolute atomic E-state index is 0. The lowest BCUT2D eigenvalue weighted by atomic mass is 10.1. The van der Waals surface area contributed by atoms with Crippen molar-refractivity contribution in [3.8, 4) is 11.5 Å². The Hall–Kier alpha value is -1.18. The van der Waals surface area contributed by atoms with E-state index in [9.17, 15) is 0 Å². The van der Waals surface area contributed by atoms with E-state index in [4.69, 9.17) is 9.47 Å². The third-order valence-corrected chi connectivity index (χ3v) is 2.86. The molecule has 1 aromatic carbocycles. The summed E-state index contributed by atoms with van der Waals surface area (Å²) in [5.74, 6) is 2.56. The minimum atomic E-state index is 0. The molecule has 0 aromatic heterocycles. The van der Waals surface area contributed by atoms with Gasteiger partial charge in [-0.1, -0.05) is 0 Å². The van der Waals surface area contributed by atoms with E-state index in [0.29, 0.717) is 0 Å². The standard InChI is InChI=1S/C14H23N3O2.HI/c1-15-14(16-2)17-9-5-6-11-10-12(18-3)7-8-13(11)19-4;/h7-8,10H,5-6,9H2,1-4H3,(H2,15,16,17);1H. The first kappa shape index (κ1) is 18.8. The predicted octanol–water partition coefficient (Wildman–Crippen LogP) is 2.05. The molecule has 20 heavy (non-hydrogen) atoms. The molecule has 0 spiro atoms. The number of methoxy groups -OCH3 is 2. The Kier molecular flexibility index (Phi) is 9.96. The summed E-state index contributed by atoms with van der Waals surface area (Å²) in [6.45, 7) is 0.855. The third-order valence-electron chi connectivity index (χ3n) is 2.86. The van der Waals surface area contributed by atoms with Crippen molar-refractivity contribution in [2.45, 2.75) is 12.8 Å². The van der Waals surface area contributed by atoms with Gasteiger partial charge in [-0.15, -0.1) is 24.0 Å². The SMILES string of the molecule is CN=C(NC)NCCCc1cc(OC)ccc1OC.I. The first-order valence-corrected chi connectivity index (χ1v) is 6.34. The number of halogens is 1. The first-order valence-electron chi connectivity index (χ1n) is 6.34. The van der Waals surface area contributed by atoms with Crippen LogP contribution in [0.5, 0.6) is 11.5 Å². The quantitative estimate of drug-likeness (QED) is 0.336. The van der Waals surface area contributed by atoms with Crippen molar-refractivity contribution in [2.24, 2.45) is 4.99 Å². The Labute approximate surface area is 138 Å². The molecule has 0 saturated carbocycles. The summed E-state index contributed by atoms with van der Waals surface area (Å²) in [6.07, 6.45) is 1.91. The molecule has 0 radical (unpaired) electrons. The van der Waals surface area contributed by atoms with Crippen LogP contribution in [0.2, 0.25) is 0 Å². The third kappa shape index (κ3) is 5.85. The zero-order chi connectivity index (χ0) is 14.1.